The van der Waals surface area contributed by atoms with E-state index in [1.807, 2.05) is 30.3 Å². The number of likely N-dealkylation sites (tertiary alicyclic amines) is 1. The summed E-state index contributed by atoms with van der Waals surface area (Å²) >= 11 is 6.37. The molecule has 4 nitrogen and oxygen atoms in total. The molecule has 0 aliphatic carbocycles. The van der Waals surface area contributed by atoms with E-state index in [-0.39, 0.29) is 0 Å². The molecule has 1 aliphatic heterocycles. The van der Waals surface area contributed by atoms with Gasteiger partial charge in [-0.2, -0.15) is 0 Å². The molecule has 0 amide bonds. The third-order valence-corrected chi connectivity index (χ3v) is 5.48. The van der Waals surface area contributed by atoms with Gasteiger partial charge >= 0.3 is 0 Å². The minimum atomic E-state index is 0.342. The fourth-order valence-electron chi connectivity index (χ4n) is 3.69. The first-order valence-corrected chi connectivity index (χ1v) is 8.90. The van der Waals surface area contributed by atoms with Crippen LogP contribution < -0.4 is 0 Å². The van der Waals surface area contributed by atoms with Gasteiger partial charge in [0.1, 0.15) is 5.82 Å². The lowest BCUT2D eigenvalue weighted by Gasteiger charge is -2.36. The van der Waals surface area contributed by atoms with Crippen molar-refractivity contribution in [3.8, 4) is 0 Å². The summed E-state index contributed by atoms with van der Waals surface area (Å²) in [6, 6.07) is 14.5. The average Bonchev–Trinajstić information content (AvgIpc) is 3.06. The summed E-state index contributed by atoms with van der Waals surface area (Å²) in [5.74, 6) is 1.56. The Hall–Kier alpha value is -1.91. The number of hydrogen-bond acceptors (Lipinski definition) is 3. The first-order valence-electron chi connectivity index (χ1n) is 8.52. The second kappa shape index (κ2) is 6.54. The van der Waals surface area contributed by atoms with Gasteiger partial charge in [-0.3, -0.25) is 9.30 Å². The first kappa shape index (κ1) is 15.6. The normalized spacial score (nSPS) is 18.1. The zero-order valence-electron chi connectivity index (χ0n) is 13.8. The van der Waals surface area contributed by atoms with Crippen molar-refractivity contribution in [1.82, 2.24) is 19.5 Å². The van der Waals surface area contributed by atoms with Gasteiger partial charge in [-0.1, -0.05) is 35.9 Å². The minimum absolute atomic E-state index is 0.342. The number of pyridine rings is 1. The molecule has 0 saturated carbocycles. The third-order valence-electron chi connectivity index (χ3n) is 5.14. The van der Waals surface area contributed by atoms with E-state index in [1.165, 1.54) is 5.56 Å². The smallest absolute Gasteiger partial charge is 0.160 e. The lowest BCUT2D eigenvalue weighted by atomic mass is 9.94. The molecule has 3 aromatic rings. The minimum Gasteiger partial charge on any atom is -0.297 e. The molecule has 1 aromatic carbocycles. The Balaban J connectivity index is 1.48. The molecule has 4 rings (SSSR count). The molecule has 1 fully saturated rings. The van der Waals surface area contributed by atoms with E-state index in [0.717, 1.165) is 42.4 Å². The number of nitrogens with zero attached hydrogens (tertiary/aromatic N) is 4. The van der Waals surface area contributed by atoms with Crippen molar-refractivity contribution in [2.45, 2.75) is 31.7 Å². The Morgan fingerprint density at radius 3 is 2.58 bits per heavy atom. The van der Waals surface area contributed by atoms with Crippen LogP contribution >= 0.6 is 11.6 Å². The SMILES string of the molecule is CC(c1ccccc1Cl)N1CCC(c2nnc3ccccn23)CC1. The highest BCUT2D eigenvalue weighted by atomic mass is 35.5. The van der Waals surface area contributed by atoms with Crippen LogP contribution in [0.5, 0.6) is 0 Å². The molecule has 1 unspecified atom stereocenters. The van der Waals surface area contributed by atoms with Gasteiger partial charge in [-0.15, -0.1) is 10.2 Å². The molecule has 0 bridgehead atoms. The van der Waals surface area contributed by atoms with E-state index in [4.69, 9.17) is 11.6 Å². The summed E-state index contributed by atoms with van der Waals surface area (Å²) < 4.78 is 2.12. The zero-order chi connectivity index (χ0) is 16.5. The van der Waals surface area contributed by atoms with Gasteiger partial charge in [-0.05, 0) is 56.6 Å². The van der Waals surface area contributed by atoms with E-state index in [9.17, 15) is 0 Å². The van der Waals surface area contributed by atoms with Crippen molar-refractivity contribution in [1.29, 1.82) is 0 Å². The molecule has 3 heterocycles. The molecule has 0 N–H and O–H groups in total. The fraction of sp³-hybridized carbons (Fsp3) is 0.368. The first-order chi connectivity index (χ1) is 11.7. The van der Waals surface area contributed by atoms with E-state index in [1.54, 1.807) is 0 Å². The van der Waals surface area contributed by atoms with Gasteiger partial charge < -0.3 is 0 Å². The summed E-state index contributed by atoms with van der Waals surface area (Å²) in [6.45, 7) is 4.35. The van der Waals surface area contributed by atoms with Gasteiger partial charge in [0.05, 0.1) is 0 Å². The molecule has 1 atom stereocenters. The van der Waals surface area contributed by atoms with Gasteiger partial charge in [0, 0.05) is 23.2 Å². The van der Waals surface area contributed by atoms with Crippen molar-refractivity contribution in [3.63, 3.8) is 0 Å². The molecule has 0 spiro atoms. The van der Waals surface area contributed by atoms with E-state index >= 15 is 0 Å². The Bertz CT molecular complexity index is 836. The molecule has 24 heavy (non-hydrogen) atoms. The van der Waals surface area contributed by atoms with Crippen LogP contribution in [0.3, 0.4) is 0 Å². The van der Waals surface area contributed by atoms with Crippen LogP contribution in [-0.4, -0.2) is 32.6 Å². The van der Waals surface area contributed by atoms with Crippen LogP contribution in [0.15, 0.2) is 48.7 Å². The van der Waals surface area contributed by atoms with E-state index in [0.29, 0.717) is 12.0 Å². The maximum absolute atomic E-state index is 6.37. The standard InChI is InChI=1S/C19H21ClN4/c1-14(16-6-2-3-7-17(16)20)23-12-9-15(10-13-23)19-22-21-18-8-4-5-11-24(18)19/h2-8,11,14-15H,9-10,12-13H2,1H3. The van der Waals surface area contributed by atoms with Crippen molar-refractivity contribution in [2.24, 2.45) is 0 Å². The van der Waals surface area contributed by atoms with Crippen LogP contribution in [-0.2, 0) is 0 Å². The van der Waals surface area contributed by atoms with Crippen LogP contribution in [0.2, 0.25) is 5.02 Å². The molecule has 5 heteroatoms. The summed E-state index contributed by atoms with van der Waals surface area (Å²) in [5.41, 5.74) is 2.14. The van der Waals surface area contributed by atoms with Crippen LogP contribution in [0.25, 0.3) is 5.65 Å². The lowest BCUT2D eigenvalue weighted by molar-refractivity contribution is 0.160. The van der Waals surface area contributed by atoms with Gasteiger partial charge in [0.2, 0.25) is 0 Å². The Morgan fingerprint density at radius 1 is 1.04 bits per heavy atom. The fourth-order valence-corrected chi connectivity index (χ4v) is 3.99. The largest absolute Gasteiger partial charge is 0.297 e. The van der Waals surface area contributed by atoms with Crippen LogP contribution in [0.4, 0.5) is 0 Å². The molecule has 0 radical (unpaired) electrons. The number of piperidine rings is 1. The zero-order valence-corrected chi connectivity index (χ0v) is 14.5. The Labute approximate surface area is 147 Å². The third kappa shape index (κ3) is 2.80. The second-order valence-electron chi connectivity index (χ2n) is 6.49. The highest BCUT2D eigenvalue weighted by molar-refractivity contribution is 6.31. The predicted octanol–water partition coefficient (Wildman–Crippen LogP) is 4.32. The molecule has 1 saturated heterocycles. The van der Waals surface area contributed by atoms with Gasteiger partial charge in [-0.25, -0.2) is 0 Å². The van der Waals surface area contributed by atoms with Crippen molar-refractivity contribution in [3.05, 3.63) is 65.1 Å². The van der Waals surface area contributed by atoms with Crippen molar-refractivity contribution >= 4 is 17.2 Å². The monoisotopic (exact) mass is 340 g/mol. The number of hydrogen-bond donors (Lipinski definition) is 0. The van der Waals surface area contributed by atoms with Gasteiger partial charge in [0.25, 0.3) is 0 Å². The van der Waals surface area contributed by atoms with E-state index < -0.39 is 0 Å². The number of aromatic nitrogens is 3. The lowest BCUT2D eigenvalue weighted by Crippen LogP contribution is -2.35. The Morgan fingerprint density at radius 2 is 1.79 bits per heavy atom. The maximum Gasteiger partial charge on any atom is 0.160 e. The van der Waals surface area contributed by atoms with Gasteiger partial charge in [0.15, 0.2) is 5.65 Å². The Kier molecular flexibility index (Phi) is 4.25. The topological polar surface area (TPSA) is 33.4 Å². The number of fused-ring (bicyclic) bond motifs is 1. The molecule has 1 aliphatic rings. The van der Waals surface area contributed by atoms with Crippen molar-refractivity contribution in [2.75, 3.05) is 13.1 Å². The molecular formula is C19H21ClN4. The van der Waals surface area contributed by atoms with E-state index in [2.05, 4.69) is 44.8 Å². The summed E-state index contributed by atoms with van der Waals surface area (Å²) in [7, 11) is 0. The van der Waals surface area contributed by atoms with Crippen LogP contribution in [0.1, 0.15) is 43.1 Å². The second-order valence-corrected chi connectivity index (χ2v) is 6.90. The number of halogens is 1. The summed E-state index contributed by atoms with van der Waals surface area (Å²) in [6.07, 6.45) is 4.26. The maximum atomic E-state index is 6.37. The molecular weight excluding hydrogens is 320 g/mol. The summed E-state index contributed by atoms with van der Waals surface area (Å²) in [4.78, 5) is 2.51. The van der Waals surface area contributed by atoms with Crippen LogP contribution in [0, 0.1) is 0 Å². The molecule has 2 aromatic heterocycles. The average molecular weight is 341 g/mol. The number of rotatable bonds is 3. The quantitative estimate of drug-likeness (QED) is 0.711. The predicted molar refractivity (Wildman–Crippen MR) is 96.4 cm³/mol. The number of benzene rings is 1. The molecule has 124 valence electrons. The summed E-state index contributed by atoms with van der Waals surface area (Å²) in [5, 5.41) is 9.58. The highest BCUT2D eigenvalue weighted by Gasteiger charge is 2.27. The van der Waals surface area contributed by atoms with Crippen molar-refractivity contribution < 1.29 is 0 Å². The highest BCUT2D eigenvalue weighted by Crippen LogP contribution is 2.33.